The SMILES string of the molecule is CCC(CC(=O)O)Cn1nnnc1C(C)c1ccccc1. The van der Waals surface area contributed by atoms with E-state index in [1.807, 2.05) is 37.3 Å². The summed E-state index contributed by atoms with van der Waals surface area (Å²) in [7, 11) is 0. The number of hydrogen-bond donors (Lipinski definition) is 1. The third-order valence-corrected chi connectivity index (χ3v) is 3.72. The topological polar surface area (TPSA) is 80.9 Å². The van der Waals surface area contributed by atoms with Crippen LogP contribution < -0.4 is 0 Å². The highest BCUT2D eigenvalue weighted by Gasteiger charge is 2.19. The molecule has 0 aliphatic heterocycles. The Balaban J connectivity index is 2.16. The smallest absolute Gasteiger partial charge is 0.303 e. The number of rotatable bonds is 7. The van der Waals surface area contributed by atoms with Gasteiger partial charge < -0.3 is 5.11 Å². The van der Waals surface area contributed by atoms with Crippen LogP contribution in [-0.4, -0.2) is 31.3 Å². The normalized spacial score (nSPS) is 13.8. The molecule has 0 saturated heterocycles. The molecule has 112 valence electrons. The van der Waals surface area contributed by atoms with Gasteiger partial charge in [0.15, 0.2) is 5.82 Å². The van der Waals surface area contributed by atoms with E-state index >= 15 is 0 Å². The van der Waals surface area contributed by atoms with Crippen LogP contribution >= 0.6 is 0 Å². The van der Waals surface area contributed by atoms with Crippen molar-refractivity contribution in [2.24, 2.45) is 5.92 Å². The maximum atomic E-state index is 10.9. The minimum atomic E-state index is -0.785. The predicted octanol–water partition coefficient (Wildman–Crippen LogP) is 2.33. The highest BCUT2D eigenvalue weighted by Crippen LogP contribution is 2.22. The van der Waals surface area contributed by atoms with Crippen LogP contribution in [0.15, 0.2) is 30.3 Å². The average Bonchev–Trinajstić information content (AvgIpc) is 2.94. The van der Waals surface area contributed by atoms with E-state index in [0.29, 0.717) is 6.54 Å². The Hall–Kier alpha value is -2.24. The lowest BCUT2D eigenvalue weighted by Gasteiger charge is -2.16. The van der Waals surface area contributed by atoms with Crippen molar-refractivity contribution in [3.63, 3.8) is 0 Å². The molecule has 2 aromatic rings. The summed E-state index contributed by atoms with van der Waals surface area (Å²) < 4.78 is 1.73. The molecule has 0 saturated carbocycles. The highest BCUT2D eigenvalue weighted by molar-refractivity contribution is 5.66. The third kappa shape index (κ3) is 3.87. The van der Waals surface area contributed by atoms with Crippen molar-refractivity contribution >= 4 is 5.97 Å². The van der Waals surface area contributed by atoms with Crippen LogP contribution in [0, 0.1) is 5.92 Å². The minimum absolute atomic E-state index is 0.0349. The van der Waals surface area contributed by atoms with Crippen LogP contribution in [0.3, 0.4) is 0 Å². The lowest BCUT2D eigenvalue weighted by atomic mass is 9.99. The van der Waals surface area contributed by atoms with Gasteiger partial charge in [0.05, 0.1) is 0 Å². The Bertz CT molecular complexity index is 582. The van der Waals surface area contributed by atoms with E-state index in [9.17, 15) is 4.79 Å². The van der Waals surface area contributed by atoms with Crippen molar-refractivity contribution < 1.29 is 9.90 Å². The van der Waals surface area contributed by atoms with Crippen LogP contribution in [0.2, 0.25) is 0 Å². The second-order valence-corrected chi connectivity index (χ2v) is 5.22. The second kappa shape index (κ2) is 6.97. The standard InChI is InChI=1S/C15H20N4O2/c1-3-12(9-14(20)21)10-19-15(16-17-18-19)11(2)13-7-5-4-6-8-13/h4-8,11-12H,3,9-10H2,1-2H3,(H,20,21). The fraction of sp³-hybridized carbons (Fsp3) is 0.467. The van der Waals surface area contributed by atoms with Crippen LogP contribution in [0.1, 0.15) is 44.0 Å². The maximum absolute atomic E-state index is 10.9. The maximum Gasteiger partial charge on any atom is 0.303 e. The number of aliphatic carboxylic acids is 1. The van der Waals surface area contributed by atoms with Crippen LogP contribution in [-0.2, 0) is 11.3 Å². The van der Waals surface area contributed by atoms with E-state index in [-0.39, 0.29) is 18.3 Å². The number of carboxylic acids is 1. The molecule has 1 heterocycles. The number of nitrogens with zero attached hydrogens (tertiary/aromatic N) is 4. The van der Waals surface area contributed by atoms with E-state index in [1.165, 1.54) is 0 Å². The molecular formula is C15H20N4O2. The summed E-state index contributed by atoms with van der Waals surface area (Å²) in [5.74, 6) is 0.0916. The van der Waals surface area contributed by atoms with Crippen molar-refractivity contribution in [1.29, 1.82) is 0 Å². The number of carbonyl (C=O) groups is 1. The molecule has 0 amide bonds. The predicted molar refractivity (Wildman–Crippen MR) is 77.8 cm³/mol. The average molecular weight is 288 g/mol. The molecule has 0 radical (unpaired) electrons. The monoisotopic (exact) mass is 288 g/mol. The summed E-state index contributed by atoms with van der Waals surface area (Å²) >= 11 is 0. The van der Waals surface area contributed by atoms with Gasteiger partial charge in [-0.2, -0.15) is 0 Å². The lowest BCUT2D eigenvalue weighted by molar-refractivity contribution is -0.138. The van der Waals surface area contributed by atoms with Crippen LogP contribution in [0.25, 0.3) is 0 Å². The van der Waals surface area contributed by atoms with Crippen molar-refractivity contribution in [2.45, 2.75) is 39.2 Å². The molecule has 0 aliphatic carbocycles. The molecule has 2 atom stereocenters. The summed E-state index contributed by atoms with van der Waals surface area (Å²) in [6, 6.07) is 10.0. The third-order valence-electron chi connectivity index (χ3n) is 3.72. The Kier molecular flexibility index (Phi) is 5.03. The molecule has 6 heteroatoms. The molecule has 1 aromatic carbocycles. The molecule has 0 aliphatic rings. The molecule has 0 bridgehead atoms. The summed E-state index contributed by atoms with van der Waals surface area (Å²) in [6.45, 7) is 4.57. The molecule has 1 N–H and O–H groups in total. The fourth-order valence-electron chi connectivity index (χ4n) is 2.37. The van der Waals surface area contributed by atoms with Gasteiger partial charge in [-0.15, -0.1) is 5.10 Å². The van der Waals surface area contributed by atoms with E-state index < -0.39 is 5.97 Å². The van der Waals surface area contributed by atoms with Crippen molar-refractivity contribution in [1.82, 2.24) is 20.2 Å². The van der Waals surface area contributed by atoms with E-state index in [2.05, 4.69) is 22.4 Å². The first-order valence-corrected chi connectivity index (χ1v) is 7.14. The van der Waals surface area contributed by atoms with E-state index in [1.54, 1.807) is 4.68 Å². The van der Waals surface area contributed by atoms with Gasteiger partial charge in [-0.3, -0.25) is 4.79 Å². The Morgan fingerprint density at radius 3 is 2.67 bits per heavy atom. The fourth-order valence-corrected chi connectivity index (χ4v) is 2.37. The zero-order chi connectivity index (χ0) is 15.2. The van der Waals surface area contributed by atoms with Gasteiger partial charge in [0.1, 0.15) is 0 Å². The van der Waals surface area contributed by atoms with Crippen molar-refractivity contribution in [3.05, 3.63) is 41.7 Å². The molecule has 2 rings (SSSR count). The molecule has 1 aromatic heterocycles. The van der Waals surface area contributed by atoms with Gasteiger partial charge in [0.2, 0.25) is 0 Å². The summed E-state index contributed by atoms with van der Waals surface area (Å²) in [5.41, 5.74) is 1.14. The van der Waals surface area contributed by atoms with Crippen molar-refractivity contribution in [2.75, 3.05) is 0 Å². The molecule has 21 heavy (non-hydrogen) atoms. The largest absolute Gasteiger partial charge is 0.481 e. The van der Waals surface area contributed by atoms with Gasteiger partial charge >= 0.3 is 5.97 Å². The first-order chi connectivity index (χ1) is 10.1. The molecular weight excluding hydrogens is 268 g/mol. The summed E-state index contributed by atoms with van der Waals surface area (Å²) in [4.78, 5) is 10.9. The number of benzene rings is 1. The van der Waals surface area contributed by atoms with Gasteiger partial charge in [-0.05, 0) is 21.9 Å². The highest BCUT2D eigenvalue weighted by atomic mass is 16.4. The molecule has 0 fully saturated rings. The number of aromatic nitrogens is 4. The minimum Gasteiger partial charge on any atom is -0.481 e. The Morgan fingerprint density at radius 2 is 2.05 bits per heavy atom. The molecule has 2 unspecified atom stereocenters. The van der Waals surface area contributed by atoms with E-state index in [4.69, 9.17) is 5.11 Å². The summed E-state index contributed by atoms with van der Waals surface area (Å²) in [6.07, 6.45) is 0.917. The Labute approximate surface area is 123 Å². The molecule has 0 spiro atoms. The van der Waals surface area contributed by atoms with Gasteiger partial charge in [0.25, 0.3) is 0 Å². The zero-order valence-electron chi connectivity index (χ0n) is 12.3. The van der Waals surface area contributed by atoms with Gasteiger partial charge in [0, 0.05) is 18.9 Å². The van der Waals surface area contributed by atoms with Gasteiger partial charge in [-0.25, -0.2) is 4.68 Å². The van der Waals surface area contributed by atoms with Gasteiger partial charge in [-0.1, -0.05) is 50.6 Å². The zero-order valence-corrected chi connectivity index (χ0v) is 12.3. The lowest BCUT2D eigenvalue weighted by Crippen LogP contribution is -2.18. The first kappa shape index (κ1) is 15.2. The van der Waals surface area contributed by atoms with Crippen LogP contribution in [0.4, 0.5) is 0 Å². The summed E-state index contributed by atoms with van der Waals surface area (Å²) in [5, 5.41) is 20.8. The number of carboxylic acid groups (broad SMARTS) is 1. The van der Waals surface area contributed by atoms with Crippen molar-refractivity contribution in [3.8, 4) is 0 Å². The second-order valence-electron chi connectivity index (χ2n) is 5.22. The Morgan fingerprint density at radius 1 is 1.33 bits per heavy atom. The number of tetrazole rings is 1. The number of hydrogen-bond acceptors (Lipinski definition) is 4. The first-order valence-electron chi connectivity index (χ1n) is 7.14. The van der Waals surface area contributed by atoms with E-state index in [0.717, 1.165) is 17.8 Å². The van der Waals surface area contributed by atoms with Crippen LogP contribution in [0.5, 0.6) is 0 Å². The quantitative estimate of drug-likeness (QED) is 0.845. The molecule has 6 nitrogen and oxygen atoms in total.